The zero-order valence-corrected chi connectivity index (χ0v) is 10.4. The lowest BCUT2D eigenvalue weighted by molar-refractivity contribution is 0.0952. The summed E-state index contributed by atoms with van der Waals surface area (Å²) in [6, 6.07) is 12.3. The van der Waals surface area contributed by atoms with Crippen molar-refractivity contribution < 1.29 is 9.21 Å². The third-order valence-corrected chi connectivity index (χ3v) is 2.79. The first-order valence-electron chi connectivity index (χ1n) is 5.37. The van der Waals surface area contributed by atoms with Gasteiger partial charge in [-0.05, 0) is 36.2 Å². The molecule has 0 fully saturated rings. The average Bonchev–Trinajstić information content (AvgIpc) is 2.77. The van der Waals surface area contributed by atoms with Gasteiger partial charge >= 0.3 is 0 Å². The summed E-state index contributed by atoms with van der Waals surface area (Å²) in [6.45, 7) is 1.91. The lowest BCUT2D eigenvalue weighted by atomic mass is 9.94. The van der Waals surface area contributed by atoms with E-state index in [9.17, 15) is 4.79 Å². The van der Waals surface area contributed by atoms with E-state index in [-0.39, 0.29) is 16.8 Å². The minimum Gasteiger partial charge on any atom is -0.442 e. The van der Waals surface area contributed by atoms with E-state index >= 15 is 0 Å². The molecule has 0 aliphatic carbocycles. The number of carbonyl (C=O) groups is 1. The van der Waals surface area contributed by atoms with Gasteiger partial charge in [0.1, 0.15) is 5.92 Å². The maximum atomic E-state index is 12.1. The molecule has 0 bridgehead atoms. The number of nitriles is 1. The molecule has 2 aromatic rings. The highest BCUT2D eigenvalue weighted by Crippen LogP contribution is 2.23. The number of rotatable bonds is 3. The molecule has 0 saturated carbocycles. The van der Waals surface area contributed by atoms with E-state index in [0.717, 1.165) is 5.56 Å². The molecule has 0 aliphatic heterocycles. The molecule has 0 aliphatic rings. The number of halogens is 1. The summed E-state index contributed by atoms with van der Waals surface area (Å²) >= 11 is 5.62. The minimum atomic E-state index is -0.868. The van der Waals surface area contributed by atoms with Gasteiger partial charge in [0.05, 0.1) is 6.07 Å². The molecule has 1 aromatic carbocycles. The summed E-state index contributed by atoms with van der Waals surface area (Å²) in [5, 5.41) is 9.30. The normalized spacial score (nSPS) is 11.8. The van der Waals surface area contributed by atoms with Gasteiger partial charge in [0.2, 0.25) is 5.78 Å². The fourth-order valence-electron chi connectivity index (χ4n) is 1.72. The predicted octanol–water partition coefficient (Wildman–Crippen LogP) is 3.73. The molecule has 4 heteroatoms. The summed E-state index contributed by atoms with van der Waals surface area (Å²) in [6.07, 6.45) is 0. The maximum absolute atomic E-state index is 12.1. The minimum absolute atomic E-state index is 0.105. The van der Waals surface area contributed by atoms with Gasteiger partial charge < -0.3 is 4.42 Å². The molecule has 90 valence electrons. The molecule has 2 rings (SSSR count). The highest BCUT2D eigenvalue weighted by Gasteiger charge is 2.24. The van der Waals surface area contributed by atoms with Crippen molar-refractivity contribution in [3.8, 4) is 6.07 Å². The van der Waals surface area contributed by atoms with Crippen molar-refractivity contribution >= 4 is 17.4 Å². The summed E-state index contributed by atoms with van der Waals surface area (Å²) < 4.78 is 5.04. The van der Waals surface area contributed by atoms with Crippen molar-refractivity contribution in [2.75, 3.05) is 0 Å². The standard InChI is InChI=1S/C14H10ClNO2/c1-9-3-2-4-10(7-9)11(8-16)14(17)12-5-6-13(15)18-12/h2-7,11H,1H3. The van der Waals surface area contributed by atoms with Crippen LogP contribution in [-0.2, 0) is 0 Å². The number of carbonyl (C=O) groups excluding carboxylic acids is 1. The second-order valence-corrected chi connectivity index (χ2v) is 4.32. The lowest BCUT2D eigenvalue weighted by Gasteiger charge is -2.07. The first kappa shape index (κ1) is 12.4. The topological polar surface area (TPSA) is 54.0 Å². The van der Waals surface area contributed by atoms with Crippen molar-refractivity contribution in [3.05, 3.63) is 58.5 Å². The molecule has 3 nitrogen and oxygen atoms in total. The number of aryl methyl sites for hydroxylation is 1. The zero-order chi connectivity index (χ0) is 13.1. The first-order chi connectivity index (χ1) is 8.61. The van der Waals surface area contributed by atoms with Crippen LogP contribution in [0.25, 0.3) is 0 Å². The smallest absolute Gasteiger partial charge is 0.219 e. The van der Waals surface area contributed by atoms with Crippen molar-refractivity contribution in [1.29, 1.82) is 5.26 Å². The second-order valence-electron chi connectivity index (χ2n) is 3.94. The van der Waals surface area contributed by atoms with Gasteiger partial charge in [-0.1, -0.05) is 29.8 Å². The third kappa shape index (κ3) is 2.44. The Morgan fingerprint density at radius 3 is 2.72 bits per heavy atom. The van der Waals surface area contributed by atoms with Gasteiger partial charge in [-0.2, -0.15) is 5.26 Å². The molecule has 1 unspecified atom stereocenters. The van der Waals surface area contributed by atoms with Gasteiger partial charge in [0.25, 0.3) is 0 Å². The van der Waals surface area contributed by atoms with Crippen LogP contribution in [0.5, 0.6) is 0 Å². The Morgan fingerprint density at radius 1 is 1.39 bits per heavy atom. The van der Waals surface area contributed by atoms with Crippen LogP contribution in [0.15, 0.2) is 40.8 Å². The first-order valence-corrected chi connectivity index (χ1v) is 5.75. The Morgan fingerprint density at radius 2 is 2.17 bits per heavy atom. The van der Waals surface area contributed by atoms with Crippen LogP contribution in [0, 0.1) is 18.3 Å². The number of furan rings is 1. The Balaban J connectivity index is 2.35. The van der Waals surface area contributed by atoms with Crippen LogP contribution >= 0.6 is 11.6 Å². The second kappa shape index (κ2) is 5.07. The molecule has 1 atom stereocenters. The maximum Gasteiger partial charge on any atom is 0.219 e. The number of benzene rings is 1. The van der Waals surface area contributed by atoms with Crippen LogP contribution in [0.2, 0.25) is 5.22 Å². The number of ketones is 1. The Kier molecular flexibility index (Phi) is 3.50. The quantitative estimate of drug-likeness (QED) is 0.789. The van der Waals surface area contributed by atoms with Crippen LogP contribution in [0.1, 0.15) is 27.6 Å². The van der Waals surface area contributed by atoms with E-state index in [0.29, 0.717) is 5.56 Å². The van der Waals surface area contributed by atoms with E-state index < -0.39 is 5.92 Å². The Hall–Kier alpha value is -2.05. The molecule has 0 N–H and O–H groups in total. The molecule has 0 saturated heterocycles. The van der Waals surface area contributed by atoms with E-state index in [2.05, 4.69) is 0 Å². The van der Waals surface area contributed by atoms with Crippen LogP contribution in [-0.4, -0.2) is 5.78 Å². The molecular formula is C14H10ClNO2. The number of hydrogen-bond donors (Lipinski definition) is 0. The summed E-state index contributed by atoms with van der Waals surface area (Å²) in [7, 11) is 0. The lowest BCUT2D eigenvalue weighted by Crippen LogP contribution is -2.10. The fraction of sp³-hybridized carbons (Fsp3) is 0.143. The van der Waals surface area contributed by atoms with Gasteiger partial charge in [-0.25, -0.2) is 0 Å². The highest BCUT2D eigenvalue weighted by molar-refractivity contribution is 6.29. The third-order valence-electron chi connectivity index (χ3n) is 2.58. The Labute approximate surface area is 110 Å². The molecule has 0 amide bonds. The predicted molar refractivity (Wildman–Crippen MR) is 67.6 cm³/mol. The summed E-state index contributed by atoms with van der Waals surface area (Å²) in [4.78, 5) is 12.1. The largest absolute Gasteiger partial charge is 0.442 e. The van der Waals surface area contributed by atoms with Gasteiger partial charge in [-0.15, -0.1) is 0 Å². The van der Waals surface area contributed by atoms with Gasteiger partial charge in [-0.3, -0.25) is 4.79 Å². The van der Waals surface area contributed by atoms with E-state index in [1.165, 1.54) is 12.1 Å². The molecule has 18 heavy (non-hydrogen) atoms. The van der Waals surface area contributed by atoms with E-state index in [1.807, 2.05) is 31.2 Å². The highest BCUT2D eigenvalue weighted by atomic mass is 35.5. The number of hydrogen-bond acceptors (Lipinski definition) is 3. The molecule has 0 spiro atoms. The molecule has 0 radical (unpaired) electrons. The van der Waals surface area contributed by atoms with Gasteiger partial charge in [0.15, 0.2) is 11.0 Å². The van der Waals surface area contributed by atoms with Crippen molar-refractivity contribution in [2.24, 2.45) is 0 Å². The van der Waals surface area contributed by atoms with Crippen LogP contribution in [0.3, 0.4) is 0 Å². The van der Waals surface area contributed by atoms with E-state index in [4.69, 9.17) is 21.3 Å². The van der Waals surface area contributed by atoms with Gasteiger partial charge in [0, 0.05) is 0 Å². The Bertz CT molecular complexity index is 625. The zero-order valence-electron chi connectivity index (χ0n) is 9.68. The number of nitrogens with zero attached hydrogens (tertiary/aromatic N) is 1. The van der Waals surface area contributed by atoms with Crippen molar-refractivity contribution in [2.45, 2.75) is 12.8 Å². The number of Topliss-reactive ketones (excluding diaryl/α,β-unsaturated/α-hetero) is 1. The SMILES string of the molecule is Cc1cccc(C(C#N)C(=O)c2ccc(Cl)o2)c1. The monoisotopic (exact) mass is 259 g/mol. The summed E-state index contributed by atoms with van der Waals surface area (Å²) in [5.41, 5.74) is 1.66. The van der Waals surface area contributed by atoms with Crippen LogP contribution in [0.4, 0.5) is 0 Å². The molecule has 1 aromatic heterocycles. The van der Waals surface area contributed by atoms with Crippen molar-refractivity contribution in [3.63, 3.8) is 0 Å². The molecule has 1 heterocycles. The van der Waals surface area contributed by atoms with Crippen LogP contribution < -0.4 is 0 Å². The fourth-order valence-corrected chi connectivity index (χ4v) is 1.87. The molecular weight excluding hydrogens is 250 g/mol. The van der Waals surface area contributed by atoms with E-state index in [1.54, 1.807) is 6.07 Å². The van der Waals surface area contributed by atoms with Crippen molar-refractivity contribution in [1.82, 2.24) is 0 Å². The average molecular weight is 260 g/mol. The summed E-state index contributed by atoms with van der Waals surface area (Å²) in [5.74, 6) is -1.14.